The predicted molar refractivity (Wildman–Crippen MR) is 216 cm³/mol. The lowest BCUT2D eigenvalue weighted by atomic mass is 10.0. The summed E-state index contributed by atoms with van der Waals surface area (Å²) in [5, 5.41) is 20.1. The average Bonchev–Trinajstić information content (AvgIpc) is 3.11. The molecule has 0 aromatic heterocycles. The Bertz CT molecular complexity index is 889. The number of ether oxygens (including phenoxy) is 2. The highest BCUT2D eigenvalue weighted by Crippen LogP contribution is 2.15. The Morgan fingerprint density at radius 2 is 1.04 bits per heavy atom. The van der Waals surface area contributed by atoms with Gasteiger partial charge in [0.05, 0.1) is 6.10 Å². The van der Waals surface area contributed by atoms with Gasteiger partial charge in [-0.05, 0) is 50.9 Å². The molecule has 0 spiro atoms. The third-order valence-corrected chi connectivity index (χ3v) is 9.08. The Hall–Kier alpha value is -2.18. The predicted octanol–water partition coefficient (Wildman–Crippen LogP) is 12.2. The summed E-state index contributed by atoms with van der Waals surface area (Å²) >= 11 is 0. The maximum atomic E-state index is 12.0. The van der Waals surface area contributed by atoms with Crippen LogP contribution in [0.1, 0.15) is 194 Å². The van der Waals surface area contributed by atoms with Crippen molar-refractivity contribution in [3.05, 3.63) is 48.6 Å². The fraction of sp³-hybridized carbons (Fsp3) is 0.778. The van der Waals surface area contributed by atoms with Gasteiger partial charge in [-0.25, -0.2) is 0 Å². The number of aliphatic hydroxyl groups excluding tert-OH is 2. The molecule has 0 saturated heterocycles. The second-order valence-corrected chi connectivity index (χ2v) is 14.8. The lowest BCUT2D eigenvalue weighted by Crippen LogP contribution is -2.25. The van der Waals surface area contributed by atoms with E-state index in [4.69, 9.17) is 9.47 Å². The van der Waals surface area contributed by atoms with Gasteiger partial charge in [-0.3, -0.25) is 9.59 Å². The first-order chi connectivity index (χ1) is 24.8. The first-order valence-corrected chi connectivity index (χ1v) is 21.2. The van der Waals surface area contributed by atoms with Crippen molar-refractivity contribution in [3.63, 3.8) is 0 Å². The number of unbranched alkanes of at least 4 members (excludes halogenated alkanes) is 19. The van der Waals surface area contributed by atoms with E-state index in [2.05, 4.69) is 39.0 Å². The third kappa shape index (κ3) is 40.4. The molecule has 1 unspecified atom stereocenters. The molecule has 0 saturated carbocycles. The molecule has 0 rings (SSSR count). The van der Waals surface area contributed by atoms with E-state index in [0.717, 1.165) is 38.0 Å². The zero-order chi connectivity index (χ0) is 37.5. The van der Waals surface area contributed by atoms with Crippen molar-refractivity contribution >= 4 is 11.9 Å². The van der Waals surface area contributed by atoms with Crippen LogP contribution in [0.4, 0.5) is 0 Å². The highest BCUT2D eigenvalue weighted by molar-refractivity contribution is 5.69. The molecule has 0 aliphatic heterocycles. The van der Waals surface area contributed by atoms with Crippen molar-refractivity contribution < 1.29 is 29.3 Å². The second kappa shape index (κ2) is 39.0. The quantitative estimate of drug-likeness (QED) is 0.0288. The molecular weight excluding hydrogens is 636 g/mol. The summed E-state index contributed by atoms with van der Waals surface area (Å²) in [7, 11) is 0. The van der Waals surface area contributed by atoms with Gasteiger partial charge < -0.3 is 19.7 Å². The second-order valence-electron chi connectivity index (χ2n) is 14.8. The maximum Gasteiger partial charge on any atom is 0.305 e. The van der Waals surface area contributed by atoms with Crippen molar-refractivity contribution in [2.45, 2.75) is 206 Å². The van der Waals surface area contributed by atoms with Crippen molar-refractivity contribution in [2.24, 2.45) is 5.92 Å². The third-order valence-electron chi connectivity index (χ3n) is 9.08. The largest absolute Gasteiger partial charge is 0.463 e. The van der Waals surface area contributed by atoms with Crippen LogP contribution in [0, 0.1) is 5.92 Å². The number of esters is 2. The molecule has 0 fully saturated rings. The molecule has 51 heavy (non-hydrogen) atoms. The van der Waals surface area contributed by atoms with Gasteiger partial charge in [0.25, 0.3) is 0 Å². The van der Waals surface area contributed by atoms with E-state index >= 15 is 0 Å². The van der Waals surface area contributed by atoms with Crippen molar-refractivity contribution in [2.75, 3.05) is 13.2 Å². The Kier molecular flexibility index (Phi) is 37.4. The van der Waals surface area contributed by atoms with Gasteiger partial charge in [-0.2, -0.15) is 0 Å². The molecule has 0 aromatic carbocycles. The first kappa shape index (κ1) is 48.8. The summed E-state index contributed by atoms with van der Waals surface area (Å²) < 4.78 is 10.3. The van der Waals surface area contributed by atoms with Gasteiger partial charge in [0.15, 0.2) is 0 Å². The van der Waals surface area contributed by atoms with E-state index < -0.39 is 12.2 Å². The molecule has 0 aliphatic rings. The molecule has 0 amide bonds. The van der Waals surface area contributed by atoms with Gasteiger partial charge in [0.1, 0.15) is 19.3 Å². The van der Waals surface area contributed by atoms with Crippen LogP contribution in [0.15, 0.2) is 48.6 Å². The molecular formula is C45H80O6. The number of allylic oxidation sites excluding steroid dienone is 6. The van der Waals surface area contributed by atoms with Gasteiger partial charge >= 0.3 is 11.9 Å². The van der Waals surface area contributed by atoms with Crippen LogP contribution >= 0.6 is 0 Å². The average molecular weight is 717 g/mol. The summed E-state index contributed by atoms with van der Waals surface area (Å²) in [5.74, 6) is 0.165. The van der Waals surface area contributed by atoms with Crippen molar-refractivity contribution in [1.29, 1.82) is 0 Å². The fourth-order valence-corrected chi connectivity index (χ4v) is 5.81. The standard InChI is InChI=1S/C45H80O6/c1-4-5-6-7-8-17-21-25-30-35-42(46)36-31-26-23-28-33-38-45(49)51-40-43(47)39-50-44(48)37-32-27-22-19-16-14-12-10-9-11-13-15-18-20-24-29-34-41(2)3/h8,17,23,25-26,30-31,36,41-43,46-47H,4-7,9-16,18-22,24,27-29,32-35,37-40H2,1-3H3/b17-8-,26-23+,30-25-,36-31-/t42?,43-/m1/s1. The first-order valence-electron chi connectivity index (χ1n) is 21.2. The molecule has 2 N–H and O–H groups in total. The Morgan fingerprint density at radius 3 is 1.59 bits per heavy atom. The van der Waals surface area contributed by atoms with E-state index in [0.29, 0.717) is 25.7 Å². The fourth-order valence-electron chi connectivity index (χ4n) is 5.81. The zero-order valence-electron chi connectivity index (χ0n) is 33.4. The lowest BCUT2D eigenvalue weighted by molar-refractivity contribution is -0.152. The normalized spacial score (nSPS) is 13.4. The van der Waals surface area contributed by atoms with Gasteiger partial charge in [-0.15, -0.1) is 0 Å². The van der Waals surface area contributed by atoms with Crippen LogP contribution < -0.4 is 0 Å². The number of carbonyl (C=O) groups excluding carboxylic acids is 2. The number of aliphatic hydroxyl groups is 2. The van der Waals surface area contributed by atoms with Crippen LogP contribution in [-0.2, 0) is 19.1 Å². The molecule has 0 heterocycles. The topological polar surface area (TPSA) is 93.1 Å². The van der Waals surface area contributed by atoms with Crippen LogP contribution in [0.3, 0.4) is 0 Å². The summed E-state index contributed by atoms with van der Waals surface area (Å²) in [6.45, 7) is 6.51. The molecule has 296 valence electrons. The summed E-state index contributed by atoms with van der Waals surface area (Å²) in [6.07, 6.45) is 44.9. The summed E-state index contributed by atoms with van der Waals surface area (Å²) in [6, 6.07) is 0. The number of hydrogen-bond acceptors (Lipinski definition) is 6. The number of hydrogen-bond donors (Lipinski definition) is 2. The van der Waals surface area contributed by atoms with Gasteiger partial charge in [0.2, 0.25) is 0 Å². The molecule has 0 bridgehead atoms. The van der Waals surface area contributed by atoms with Crippen molar-refractivity contribution in [1.82, 2.24) is 0 Å². The number of rotatable bonds is 37. The molecule has 6 heteroatoms. The zero-order valence-corrected chi connectivity index (χ0v) is 33.4. The van der Waals surface area contributed by atoms with Crippen LogP contribution in [0.5, 0.6) is 0 Å². The van der Waals surface area contributed by atoms with E-state index in [9.17, 15) is 19.8 Å². The number of carbonyl (C=O) groups is 2. The van der Waals surface area contributed by atoms with E-state index in [-0.39, 0.29) is 31.6 Å². The molecule has 2 atom stereocenters. The van der Waals surface area contributed by atoms with Crippen LogP contribution in [0.2, 0.25) is 0 Å². The minimum atomic E-state index is -1.01. The van der Waals surface area contributed by atoms with Crippen LogP contribution in [-0.4, -0.2) is 47.6 Å². The minimum Gasteiger partial charge on any atom is -0.463 e. The monoisotopic (exact) mass is 717 g/mol. The molecule has 0 aromatic rings. The highest BCUT2D eigenvalue weighted by atomic mass is 16.6. The summed E-state index contributed by atoms with van der Waals surface area (Å²) in [5.41, 5.74) is 0. The Labute approximate surface area is 314 Å². The smallest absolute Gasteiger partial charge is 0.305 e. The van der Waals surface area contributed by atoms with E-state index in [1.54, 1.807) is 6.08 Å². The highest BCUT2D eigenvalue weighted by Gasteiger charge is 2.12. The SMILES string of the molecule is CCCCC/C=C\C/C=C\CC(O)/C=C\C=C\CCCC(=O)OC[C@H](O)COC(=O)CCCCCCCCCCCCCCCCCCC(C)C. The van der Waals surface area contributed by atoms with E-state index in [1.807, 2.05) is 24.3 Å². The molecule has 0 aliphatic carbocycles. The summed E-state index contributed by atoms with van der Waals surface area (Å²) in [4.78, 5) is 24.0. The Morgan fingerprint density at radius 1 is 0.549 bits per heavy atom. The molecule has 6 nitrogen and oxygen atoms in total. The van der Waals surface area contributed by atoms with E-state index in [1.165, 1.54) is 109 Å². The van der Waals surface area contributed by atoms with Gasteiger partial charge in [0, 0.05) is 12.8 Å². The Balaban J connectivity index is 3.57. The molecule has 0 radical (unpaired) electrons. The minimum absolute atomic E-state index is 0.155. The van der Waals surface area contributed by atoms with Gasteiger partial charge in [-0.1, -0.05) is 185 Å². The van der Waals surface area contributed by atoms with Crippen molar-refractivity contribution in [3.8, 4) is 0 Å². The maximum absolute atomic E-state index is 12.0. The van der Waals surface area contributed by atoms with Crippen LogP contribution in [0.25, 0.3) is 0 Å². The lowest BCUT2D eigenvalue weighted by Gasteiger charge is -2.12.